The number of aromatic nitrogens is 2. The Bertz CT molecular complexity index is 759. The maximum absolute atomic E-state index is 12.3. The van der Waals surface area contributed by atoms with Crippen LogP contribution in [-0.2, 0) is 4.79 Å². The molecule has 0 unspecified atom stereocenters. The van der Waals surface area contributed by atoms with Crippen molar-refractivity contribution in [3.63, 3.8) is 0 Å². The number of benzene rings is 1. The zero-order valence-electron chi connectivity index (χ0n) is 15.3. The first-order valence-corrected chi connectivity index (χ1v) is 11.8. The van der Waals surface area contributed by atoms with Gasteiger partial charge in [-0.25, -0.2) is 4.99 Å². The number of likely N-dealkylation sites (tertiary alicyclic amines) is 1. The summed E-state index contributed by atoms with van der Waals surface area (Å²) >= 11 is 4.52. The summed E-state index contributed by atoms with van der Waals surface area (Å²) in [5.41, 5.74) is 0.913. The van der Waals surface area contributed by atoms with Gasteiger partial charge in [-0.2, -0.15) is 0 Å². The maximum atomic E-state index is 12.3. The molecule has 1 saturated heterocycles. The standard InChI is InChI=1S/C18H23N5OS3/c1-2-25-18-22-21-16(27-18)20-15(24)13-26-17(23-11-7-4-8-12-23)19-14-9-5-3-6-10-14/h3,5-6,9-10H,2,4,7-8,11-13H2,1H3,(H,20,21,24). The molecule has 1 aromatic heterocycles. The van der Waals surface area contributed by atoms with Crippen molar-refractivity contribution in [3.05, 3.63) is 30.3 Å². The molecule has 1 aliphatic heterocycles. The highest BCUT2D eigenvalue weighted by Gasteiger charge is 2.17. The third kappa shape index (κ3) is 6.51. The second-order valence-corrected chi connectivity index (χ2v) is 9.35. The number of nitrogens with one attached hydrogen (secondary N) is 1. The fourth-order valence-corrected chi connectivity index (χ4v) is 5.15. The summed E-state index contributed by atoms with van der Waals surface area (Å²) < 4.78 is 0.875. The van der Waals surface area contributed by atoms with Crippen molar-refractivity contribution in [2.24, 2.45) is 4.99 Å². The number of rotatable bonds is 6. The molecule has 1 fully saturated rings. The molecule has 1 aromatic carbocycles. The normalized spacial score (nSPS) is 15.0. The van der Waals surface area contributed by atoms with Gasteiger partial charge in [0.15, 0.2) is 9.51 Å². The van der Waals surface area contributed by atoms with Crippen molar-refractivity contribution in [1.29, 1.82) is 0 Å². The fraction of sp³-hybridized carbons (Fsp3) is 0.444. The SMILES string of the molecule is CCSc1nnc(NC(=O)CSC(=Nc2ccccc2)N2CCCCC2)s1. The number of piperidine rings is 1. The second-order valence-electron chi connectivity index (χ2n) is 5.92. The smallest absolute Gasteiger partial charge is 0.236 e. The summed E-state index contributed by atoms with van der Waals surface area (Å²) in [6.07, 6.45) is 3.60. The molecule has 0 spiro atoms. The maximum Gasteiger partial charge on any atom is 0.236 e. The van der Waals surface area contributed by atoms with Gasteiger partial charge < -0.3 is 4.90 Å². The van der Waals surface area contributed by atoms with E-state index in [-0.39, 0.29) is 5.91 Å². The van der Waals surface area contributed by atoms with Gasteiger partial charge in [0.25, 0.3) is 0 Å². The van der Waals surface area contributed by atoms with Crippen LogP contribution in [0.4, 0.5) is 10.8 Å². The fourth-order valence-electron chi connectivity index (χ4n) is 2.62. The van der Waals surface area contributed by atoms with Crippen LogP contribution < -0.4 is 5.32 Å². The van der Waals surface area contributed by atoms with E-state index in [2.05, 4.69) is 27.3 Å². The summed E-state index contributed by atoms with van der Waals surface area (Å²) in [6, 6.07) is 9.90. The quantitative estimate of drug-likeness (QED) is 0.321. The van der Waals surface area contributed by atoms with Gasteiger partial charge in [-0.15, -0.1) is 10.2 Å². The van der Waals surface area contributed by atoms with E-state index in [9.17, 15) is 4.79 Å². The van der Waals surface area contributed by atoms with Gasteiger partial charge in [-0.1, -0.05) is 60.0 Å². The highest BCUT2D eigenvalue weighted by Crippen LogP contribution is 2.25. The molecule has 3 rings (SSSR count). The van der Waals surface area contributed by atoms with Crippen LogP contribution in [0.3, 0.4) is 0 Å². The summed E-state index contributed by atoms with van der Waals surface area (Å²) in [4.78, 5) is 19.4. The van der Waals surface area contributed by atoms with E-state index < -0.39 is 0 Å². The van der Waals surface area contributed by atoms with E-state index in [0.717, 1.165) is 34.0 Å². The Labute approximate surface area is 172 Å². The van der Waals surface area contributed by atoms with Crippen LogP contribution in [-0.4, -0.2) is 50.8 Å². The van der Waals surface area contributed by atoms with E-state index >= 15 is 0 Å². The molecule has 1 amide bonds. The molecule has 6 nitrogen and oxygen atoms in total. The summed E-state index contributed by atoms with van der Waals surface area (Å²) in [5.74, 6) is 1.16. The second kappa shape index (κ2) is 10.7. The first-order valence-electron chi connectivity index (χ1n) is 9.02. The molecule has 0 atom stereocenters. The number of amides is 1. The zero-order valence-corrected chi connectivity index (χ0v) is 17.7. The van der Waals surface area contributed by atoms with E-state index in [4.69, 9.17) is 4.99 Å². The third-order valence-electron chi connectivity index (χ3n) is 3.86. The Balaban J connectivity index is 1.61. The van der Waals surface area contributed by atoms with E-state index in [1.54, 1.807) is 11.8 Å². The summed E-state index contributed by atoms with van der Waals surface area (Å²) in [7, 11) is 0. The summed E-state index contributed by atoms with van der Waals surface area (Å²) in [5, 5.41) is 12.4. The Morgan fingerprint density at radius 1 is 1.22 bits per heavy atom. The van der Waals surface area contributed by atoms with Gasteiger partial charge in [0.05, 0.1) is 11.4 Å². The first-order chi connectivity index (χ1) is 13.2. The Morgan fingerprint density at radius 3 is 2.74 bits per heavy atom. The topological polar surface area (TPSA) is 70.5 Å². The van der Waals surface area contributed by atoms with Gasteiger partial charge in [0.1, 0.15) is 0 Å². The minimum absolute atomic E-state index is 0.0815. The number of amidine groups is 1. The van der Waals surface area contributed by atoms with Crippen molar-refractivity contribution in [2.75, 3.05) is 29.9 Å². The van der Waals surface area contributed by atoms with Crippen molar-refractivity contribution in [3.8, 4) is 0 Å². The van der Waals surface area contributed by atoms with E-state index in [1.807, 2.05) is 30.3 Å². The lowest BCUT2D eigenvalue weighted by Crippen LogP contribution is -2.34. The van der Waals surface area contributed by atoms with Crippen LogP contribution in [0.15, 0.2) is 39.7 Å². The number of hydrogen-bond acceptors (Lipinski definition) is 7. The van der Waals surface area contributed by atoms with Gasteiger partial charge in [0, 0.05) is 13.1 Å². The number of anilines is 1. The minimum Gasteiger partial charge on any atom is -0.351 e. The van der Waals surface area contributed by atoms with Crippen molar-refractivity contribution >= 4 is 56.8 Å². The first kappa shape index (κ1) is 20.2. The monoisotopic (exact) mass is 421 g/mol. The molecule has 2 aromatic rings. The number of nitrogens with zero attached hydrogens (tertiary/aromatic N) is 4. The number of aliphatic imine (C=N–C) groups is 1. The van der Waals surface area contributed by atoms with Crippen LogP contribution in [0.2, 0.25) is 0 Å². The molecular weight excluding hydrogens is 398 g/mol. The molecule has 144 valence electrons. The molecule has 1 aliphatic rings. The molecule has 9 heteroatoms. The zero-order chi connectivity index (χ0) is 18.9. The van der Waals surface area contributed by atoms with Crippen LogP contribution in [0, 0.1) is 0 Å². The average molecular weight is 422 g/mol. The molecule has 0 bridgehead atoms. The molecule has 2 heterocycles. The average Bonchev–Trinajstić information content (AvgIpc) is 3.14. The van der Waals surface area contributed by atoms with Gasteiger partial charge >= 0.3 is 0 Å². The number of hydrogen-bond donors (Lipinski definition) is 1. The van der Waals surface area contributed by atoms with Crippen LogP contribution >= 0.6 is 34.9 Å². The third-order valence-corrected chi connectivity index (χ3v) is 6.73. The largest absolute Gasteiger partial charge is 0.351 e. The van der Waals surface area contributed by atoms with Gasteiger partial charge in [-0.3, -0.25) is 10.1 Å². The van der Waals surface area contributed by atoms with Crippen molar-refractivity contribution in [1.82, 2.24) is 15.1 Å². The lowest BCUT2D eigenvalue weighted by molar-refractivity contribution is -0.113. The van der Waals surface area contributed by atoms with Crippen LogP contribution in [0.5, 0.6) is 0 Å². The lowest BCUT2D eigenvalue weighted by Gasteiger charge is -2.29. The highest BCUT2D eigenvalue weighted by atomic mass is 32.2. The van der Waals surface area contributed by atoms with E-state index in [1.165, 1.54) is 42.4 Å². The molecular formula is C18H23N5OS3. The Hall–Kier alpha value is -1.58. The van der Waals surface area contributed by atoms with Crippen molar-refractivity contribution < 1.29 is 4.79 Å². The van der Waals surface area contributed by atoms with Gasteiger partial charge in [-0.05, 0) is 37.1 Å². The van der Waals surface area contributed by atoms with E-state index in [0.29, 0.717) is 10.9 Å². The minimum atomic E-state index is -0.0815. The number of para-hydroxylation sites is 1. The molecule has 27 heavy (non-hydrogen) atoms. The molecule has 0 saturated carbocycles. The highest BCUT2D eigenvalue weighted by molar-refractivity contribution is 8.14. The predicted molar refractivity (Wildman–Crippen MR) is 116 cm³/mol. The number of thioether (sulfide) groups is 2. The molecule has 0 radical (unpaired) electrons. The Kier molecular flexibility index (Phi) is 7.97. The van der Waals surface area contributed by atoms with Crippen LogP contribution in [0.1, 0.15) is 26.2 Å². The number of carbonyl (C=O) groups excluding carboxylic acids is 1. The Morgan fingerprint density at radius 2 is 2.00 bits per heavy atom. The van der Waals surface area contributed by atoms with Gasteiger partial charge in [0.2, 0.25) is 11.0 Å². The van der Waals surface area contributed by atoms with Crippen molar-refractivity contribution in [2.45, 2.75) is 30.5 Å². The summed E-state index contributed by atoms with van der Waals surface area (Å²) in [6.45, 7) is 4.05. The van der Waals surface area contributed by atoms with Crippen LogP contribution in [0.25, 0.3) is 0 Å². The lowest BCUT2D eigenvalue weighted by atomic mass is 10.1. The number of carbonyl (C=O) groups is 1. The predicted octanol–water partition coefficient (Wildman–Crippen LogP) is 4.50. The molecule has 1 N–H and O–H groups in total. The molecule has 0 aliphatic carbocycles.